The first kappa shape index (κ1) is 14.6. The topological polar surface area (TPSA) is 46.5 Å². The fourth-order valence-corrected chi connectivity index (χ4v) is 1.48. The molecular formula is C12H24O3. The molecular weight excluding hydrogens is 192 g/mol. The van der Waals surface area contributed by atoms with Gasteiger partial charge in [0.25, 0.3) is 0 Å². The van der Waals surface area contributed by atoms with Crippen molar-refractivity contribution in [2.75, 3.05) is 0 Å². The van der Waals surface area contributed by atoms with Gasteiger partial charge in [-0.3, -0.25) is 4.79 Å². The average Bonchev–Trinajstić information content (AvgIpc) is 2.26. The van der Waals surface area contributed by atoms with E-state index in [1.807, 2.05) is 27.7 Å². The number of ether oxygens (including phenoxy) is 1. The molecule has 3 heteroatoms. The standard InChI is InChI=1S/C12H24O3/c1-6-9(4)15-10(5)11(13)12(14,7-2)8-3/h9-10,14H,6-8H2,1-5H3. The molecule has 0 saturated carbocycles. The second kappa shape index (κ2) is 6.23. The van der Waals surface area contributed by atoms with Crippen molar-refractivity contribution in [1.29, 1.82) is 0 Å². The van der Waals surface area contributed by atoms with E-state index in [2.05, 4.69) is 0 Å². The smallest absolute Gasteiger partial charge is 0.192 e. The van der Waals surface area contributed by atoms with Gasteiger partial charge < -0.3 is 9.84 Å². The van der Waals surface area contributed by atoms with Crippen LogP contribution in [-0.4, -0.2) is 28.7 Å². The molecule has 0 rings (SSSR count). The molecule has 0 amide bonds. The minimum atomic E-state index is -1.22. The van der Waals surface area contributed by atoms with Gasteiger partial charge in [-0.25, -0.2) is 0 Å². The van der Waals surface area contributed by atoms with Crippen molar-refractivity contribution in [3.63, 3.8) is 0 Å². The fraction of sp³-hybridized carbons (Fsp3) is 0.917. The predicted molar refractivity (Wildman–Crippen MR) is 60.8 cm³/mol. The molecule has 0 bridgehead atoms. The maximum Gasteiger partial charge on any atom is 0.192 e. The molecule has 0 spiro atoms. The number of carbonyl (C=O) groups is 1. The first-order valence-electron chi connectivity index (χ1n) is 5.83. The number of hydrogen-bond acceptors (Lipinski definition) is 3. The summed E-state index contributed by atoms with van der Waals surface area (Å²) in [6.07, 6.45) is 1.29. The molecule has 0 aliphatic carbocycles. The summed E-state index contributed by atoms with van der Waals surface area (Å²) in [6.45, 7) is 9.29. The molecule has 0 aliphatic rings. The summed E-state index contributed by atoms with van der Waals surface area (Å²) < 4.78 is 5.50. The van der Waals surface area contributed by atoms with E-state index < -0.39 is 11.7 Å². The minimum Gasteiger partial charge on any atom is -0.382 e. The summed E-state index contributed by atoms with van der Waals surface area (Å²) in [4.78, 5) is 11.9. The Kier molecular flexibility index (Phi) is 6.06. The van der Waals surface area contributed by atoms with Crippen LogP contribution in [0, 0.1) is 0 Å². The molecule has 90 valence electrons. The highest BCUT2D eigenvalue weighted by molar-refractivity contribution is 5.90. The van der Waals surface area contributed by atoms with E-state index in [1.54, 1.807) is 6.92 Å². The lowest BCUT2D eigenvalue weighted by atomic mass is 9.89. The Labute approximate surface area is 92.8 Å². The van der Waals surface area contributed by atoms with Crippen molar-refractivity contribution in [3.05, 3.63) is 0 Å². The summed E-state index contributed by atoms with van der Waals surface area (Å²) in [5, 5.41) is 10.0. The SMILES string of the molecule is CCC(C)OC(C)C(=O)C(O)(CC)CC. The van der Waals surface area contributed by atoms with Crippen LogP contribution in [0.4, 0.5) is 0 Å². The van der Waals surface area contributed by atoms with Crippen molar-refractivity contribution >= 4 is 5.78 Å². The third-order valence-corrected chi connectivity index (χ3v) is 3.01. The van der Waals surface area contributed by atoms with Gasteiger partial charge in [0.2, 0.25) is 0 Å². The third kappa shape index (κ3) is 3.92. The molecule has 2 atom stereocenters. The van der Waals surface area contributed by atoms with Crippen LogP contribution >= 0.6 is 0 Å². The Morgan fingerprint density at radius 3 is 2.07 bits per heavy atom. The maximum absolute atomic E-state index is 11.9. The first-order chi connectivity index (χ1) is 6.91. The molecule has 0 aliphatic heterocycles. The summed E-state index contributed by atoms with van der Waals surface area (Å²) in [7, 11) is 0. The molecule has 1 N–H and O–H groups in total. The van der Waals surface area contributed by atoms with Crippen LogP contribution < -0.4 is 0 Å². The van der Waals surface area contributed by atoms with E-state index in [9.17, 15) is 9.90 Å². The van der Waals surface area contributed by atoms with Gasteiger partial charge >= 0.3 is 0 Å². The monoisotopic (exact) mass is 216 g/mol. The quantitative estimate of drug-likeness (QED) is 0.710. The van der Waals surface area contributed by atoms with Gasteiger partial charge in [-0.1, -0.05) is 20.8 Å². The summed E-state index contributed by atoms with van der Waals surface area (Å²) >= 11 is 0. The van der Waals surface area contributed by atoms with Gasteiger partial charge in [-0.2, -0.15) is 0 Å². The number of aliphatic hydroxyl groups is 1. The number of ketones is 1. The first-order valence-corrected chi connectivity index (χ1v) is 5.83. The van der Waals surface area contributed by atoms with E-state index in [0.29, 0.717) is 12.8 Å². The van der Waals surface area contributed by atoms with Crippen LogP contribution in [0.3, 0.4) is 0 Å². The zero-order valence-electron chi connectivity index (χ0n) is 10.5. The Balaban J connectivity index is 4.42. The Bertz CT molecular complexity index is 197. The van der Waals surface area contributed by atoms with Crippen molar-refractivity contribution < 1.29 is 14.6 Å². The highest BCUT2D eigenvalue weighted by Gasteiger charge is 2.35. The van der Waals surface area contributed by atoms with Crippen molar-refractivity contribution in [2.45, 2.75) is 71.7 Å². The van der Waals surface area contributed by atoms with E-state index in [-0.39, 0.29) is 11.9 Å². The Hall–Kier alpha value is -0.410. The van der Waals surface area contributed by atoms with Crippen LogP contribution in [0.15, 0.2) is 0 Å². The number of carbonyl (C=O) groups excluding carboxylic acids is 1. The number of Topliss-reactive ketones (excluding diaryl/α,β-unsaturated/α-hetero) is 1. The van der Waals surface area contributed by atoms with E-state index in [1.165, 1.54) is 0 Å². The zero-order chi connectivity index (χ0) is 12.1. The minimum absolute atomic E-state index is 0.0573. The second-order valence-corrected chi connectivity index (χ2v) is 4.10. The number of hydrogen-bond donors (Lipinski definition) is 1. The molecule has 0 aromatic heterocycles. The Morgan fingerprint density at radius 2 is 1.73 bits per heavy atom. The van der Waals surface area contributed by atoms with Crippen molar-refractivity contribution in [3.8, 4) is 0 Å². The number of rotatable bonds is 7. The van der Waals surface area contributed by atoms with Crippen LogP contribution in [0.5, 0.6) is 0 Å². The lowest BCUT2D eigenvalue weighted by Gasteiger charge is -2.28. The fourth-order valence-electron chi connectivity index (χ4n) is 1.48. The predicted octanol–water partition coefficient (Wildman–Crippen LogP) is 2.31. The zero-order valence-corrected chi connectivity index (χ0v) is 10.5. The molecule has 3 nitrogen and oxygen atoms in total. The largest absolute Gasteiger partial charge is 0.382 e. The van der Waals surface area contributed by atoms with Crippen molar-refractivity contribution in [2.24, 2.45) is 0 Å². The van der Waals surface area contributed by atoms with Crippen molar-refractivity contribution in [1.82, 2.24) is 0 Å². The van der Waals surface area contributed by atoms with Crippen LogP contribution in [0.1, 0.15) is 53.9 Å². The van der Waals surface area contributed by atoms with E-state index in [4.69, 9.17) is 4.74 Å². The van der Waals surface area contributed by atoms with E-state index >= 15 is 0 Å². The van der Waals surface area contributed by atoms with Crippen LogP contribution in [-0.2, 0) is 9.53 Å². The lowest BCUT2D eigenvalue weighted by Crippen LogP contribution is -2.44. The van der Waals surface area contributed by atoms with Gasteiger partial charge in [-0.05, 0) is 33.1 Å². The molecule has 0 fully saturated rings. The van der Waals surface area contributed by atoms with Gasteiger partial charge in [0.15, 0.2) is 5.78 Å². The van der Waals surface area contributed by atoms with Crippen LogP contribution in [0.25, 0.3) is 0 Å². The highest BCUT2D eigenvalue weighted by Crippen LogP contribution is 2.19. The summed E-state index contributed by atoms with van der Waals surface area (Å²) in [5.41, 5.74) is -1.22. The lowest BCUT2D eigenvalue weighted by molar-refractivity contribution is -0.152. The molecule has 0 radical (unpaired) electrons. The highest BCUT2D eigenvalue weighted by atomic mass is 16.5. The van der Waals surface area contributed by atoms with E-state index in [0.717, 1.165) is 6.42 Å². The summed E-state index contributed by atoms with van der Waals surface area (Å²) in [5.74, 6) is -0.201. The molecule has 15 heavy (non-hydrogen) atoms. The molecule has 0 heterocycles. The van der Waals surface area contributed by atoms with Gasteiger partial charge in [0.1, 0.15) is 11.7 Å². The maximum atomic E-state index is 11.9. The average molecular weight is 216 g/mol. The molecule has 2 unspecified atom stereocenters. The molecule has 0 aromatic carbocycles. The summed E-state index contributed by atoms with van der Waals surface area (Å²) in [6, 6.07) is 0. The van der Waals surface area contributed by atoms with Gasteiger partial charge in [0, 0.05) is 0 Å². The molecule has 0 aromatic rings. The third-order valence-electron chi connectivity index (χ3n) is 3.01. The van der Waals surface area contributed by atoms with Gasteiger partial charge in [0.05, 0.1) is 6.10 Å². The normalized spacial score (nSPS) is 16.1. The second-order valence-electron chi connectivity index (χ2n) is 4.10. The van der Waals surface area contributed by atoms with Gasteiger partial charge in [-0.15, -0.1) is 0 Å². The van der Waals surface area contributed by atoms with Crippen LogP contribution in [0.2, 0.25) is 0 Å². The Morgan fingerprint density at radius 1 is 1.27 bits per heavy atom. The molecule has 0 saturated heterocycles.